The lowest BCUT2D eigenvalue weighted by Gasteiger charge is -2.26. The SMILES string of the molecule is Cc1[nH]c(=O)c(C#N)c(C)c1CCC(=O)NCCCN1CCOCC1. The van der Waals surface area contributed by atoms with E-state index in [1.54, 1.807) is 13.8 Å². The van der Waals surface area contributed by atoms with E-state index >= 15 is 0 Å². The molecule has 1 amide bonds. The summed E-state index contributed by atoms with van der Waals surface area (Å²) in [5.74, 6) is -0.00881. The smallest absolute Gasteiger partial charge is 0.266 e. The van der Waals surface area contributed by atoms with E-state index in [1.165, 1.54) is 0 Å². The summed E-state index contributed by atoms with van der Waals surface area (Å²) in [5, 5.41) is 12.0. The molecule has 1 aromatic rings. The first kappa shape index (κ1) is 19.2. The minimum atomic E-state index is -0.367. The summed E-state index contributed by atoms with van der Waals surface area (Å²) in [7, 11) is 0. The number of aromatic amines is 1. The zero-order valence-corrected chi connectivity index (χ0v) is 15.0. The summed E-state index contributed by atoms with van der Waals surface area (Å²) in [6.45, 7) is 8.67. The summed E-state index contributed by atoms with van der Waals surface area (Å²) in [5.41, 5.74) is 2.03. The van der Waals surface area contributed by atoms with Gasteiger partial charge in [-0.15, -0.1) is 0 Å². The quantitative estimate of drug-likeness (QED) is 0.706. The van der Waals surface area contributed by atoms with Gasteiger partial charge in [0, 0.05) is 31.7 Å². The summed E-state index contributed by atoms with van der Waals surface area (Å²) < 4.78 is 5.31. The number of hydrogen-bond donors (Lipinski definition) is 2. The van der Waals surface area contributed by atoms with Gasteiger partial charge in [0.2, 0.25) is 5.91 Å². The van der Waals surface area contributed by atoms with Gasteiger partial charge in [-0.3, -0.25) is 14.5 Å². The molecule has 1 aromatic heterocycles. The number of carbonyl (C=O) groups is 1. The maximum absolute atomic E-state index is 12.0. The largest absolute Gasteiger partial charge is 0.379 e. The highest BCUT2D eigenvalue weighted by Crippen LogP contribution is 2.14. The van der Waals surface area contributed by atoms with Crippen LogP contribution in [0, 0.1) is 25.2 Å². The van der Waals surface area contributed by atoms with Gasteiger partial charge < -0.3 is 15.0 Å². The van der Waals surface area contributed by atoms with Crippen LogP contribution < -0.4 is 10.9 Å². The molecule has 2 rings (SSSR count). The number of nitrogens with one attached hydrogen (secondary N) is 2. The van der Waals surface area contributed by atoms with Crippen molar-refractivity contribution in [2.75, 3.05) is 39.4 Å². The minimum absolute atomic E-state index is 0.00881. The Morgan fingerprint density at radius 1 is 1.36 bits per heavy atom. The molecule has 7 nitrogen and oxygen atoms in total. The Labute approximate surface area is 148 Å². The molecule has 2 heterocycles. The van der Waals surface area contributed by atoms with E-state index in [9.17, 15) is 9.59 Å². The first-order valence-corrected chi connectivity index (χ1v) is 8.72. The predicted octanol–water partition coefficient (Wildman–Crippen LogP) is 0.635. The number of aryl methyl sites for hydroxylation is 1. The molecule has 1 saturated heterocycles. The molecule has 25 heavy (non-hydrogen) atoms. The van der Waals surface area contributed by atoms with Crippen molar-refractivity contribution in [1.29, 1.82) is 5.26 Å². The van der Waals surface area contributed by atoms with Crippen molar-refractivity contribution in [3.63, 3.8) is 0 Å². The highest BCUT2D eigenvalue weighted by Gasteiger charge is 2.13. The normalized spacial score (nSPS) is 14.9. The average molecular weight is 346 g/mol. The topological polar surface area (TPSA) is 98.2 Å². The summed E-state index contributed by atoms with van der Waals surface area (Å²) in [4.78, 5) is 28.8. The van der Waals surface area contributed by atoms with Crippen LogP contribution in [0.15, 0.2) is 4.79 Å². The van der Waals surface area contributed by atoms with Crippen LogP contribution in [0.4, 0.5) is 0 Å². The van der Waals surface area contributed by atoms with E-state index in [0.717, 1.165) is 50.5 Å². The van der Waals surface area contributed by atoms with Crippen molar-refractivity contribution in [2.24, 2.45) is 0 Å². The molecule has 0 unspecified atom stereocenters. The lowest BCUT2D eigenvalue weighted by molar-refractivity contribution is -0.121. The van der Waals surface area contributed by atoms with Crippen molar-refractivity contribution in [3.05, 3.63) is 32.7 Å². The second-order valence-corrected chi connectivity index (χ2v) is 6.33. The van der Waals surface area contributed by atoms with E-state index in [2.05, 4.69) is 15.2 Å². The molecule has 0 atom stereocenters. The molecular weight excluding hydrogens is 320 g/mol. The maximum atomic E-state index is 12.0. The third kappa shape index (κ3) is 5.41. The summed E-state index contributed by atoms with van der Waals surface area (Å²) in [6, 6.07) is 1.93. The zero-order chi connectivity index (χ0) is 18.2. The number of H-pyrrole nitrogens is 1. The number of morpholine rings is 1. The zero-order valence-electron chi connectivity index (χ0n) is 15.0. The van der Waals surface area contributed by atoms with E-state index < -0.39 is 0 Å². The number of nitrogens with zero attached hydrogens (tertiary/aromatic N) is 2. The van der Waals surface area contributed by atoms with Crippen LogP contribution in [-0.4, -0.2) is 55.2 Å². The molecule has 1 fully saturated rings. The third-order valence-electron chi connectivity index (χ3n) is 4.60. The molecule has 0 spiro atoms. The number of carbonyl (C=O) groups excluding carboxylic acids is 1. The van der Waals surface area contributed by atoms with Gasteiger partial charge in [0.15, 0.2) is 0 Å². The van der Waals surface area contributed by atoms with Gasteiger partial charge in [-0.1, -0.05) is 0 Å². The molecule has 2 N–H and O–H groups in total. The van der Waals surface area contributed by atoms with Crippen LogP contribution >= 0.6 is 0 Å². The number of amides is 1. The molecular formula is C18H26N4O3. The van der Waals surface area contributed by atoms with Crippen molar-refractivity contribution >= 4 is 5.91 Å². The van der Waals surface area contributed by atoms with Gasteiger partial charge >= 0.3 is 0 Å². The lowest BCUT2D eigenvalue weighted by atomic mass is 9.99. The minimum Gasteiger partial charge on any atom is -0.379 e. The molecule has 7 heteroatoms. The van der Waals surface area contributed by atoms with Gasteiger partial charge in [-0.25, -0.2) is 0 Å². The highest BCUT2D eigenvalue weighted by atomic mass is 16.5. The van der Waals surface area contributed by atoms with Crippen molar-refractivity contribution < 1.29 is 9.53 Å². The highest BCUT2D eigenvalue weighted by molar-refractivity contribution is 5.76. The number of hydrogen-bond acceptors (Lipinski definition) is 5. The molecule has 0 aliphatic carbocycles. The maximum Gasteiger partial charge on any atom is 0.266 e. The fourth-order valence-electron chi connectivity index (χ4n) is 3.10. The molecule has 1 aliphatic rings. The molecule has 1 aliphatic heterocycles. The van der Waals surface area contributed by atoms with E-state index in [1.807, 2.05) is 6.07 Å². The Morgan fingerprint density at radius 2 is 2.08 bits per heavy atom. The van der Waals surface area contributed by atoms with Crippen LogP contribution in [0.3, 0.4) is 0 Å². The lowest BCUT2D eigenvalue weighted by Crippen LogP contribution is -2.38. The number of rotatable bonds is 7. The number of pyridine rings is 1. The van der Waals surface area contributed by atoms with E-state index in [4.69, 9.17) is 10.00 Å². The van der Waals surface area contributed by atoms with Crippen LogP contribution in [0.1, 0.15) is 35.2 Å². The van der Waals surface area contributed by atoms with Crippen molar-refractivity contribution in [2.45, 2.75) is 33.1 Å². The summed E-state index contributed by atoms with van der Waals surface area (Å²) >= 11 is 0. The second-order valence-electron chi connectivity index (χ2n) is 6.33. The van der Waals surface area contributed by atoms with Crippen molar-refractivity contribution in [3.8, 4) is 6.07 Å². The third-order valence-corrected chi connectivity index (χ3v) is 4.60. The fourth-order valence-corrected chi connectivity index (χ4v) is 3.10. The van der Waals surface area contributed by atoms with Crippen LogP contribution in [0.25, 0.3) is 0 Å². The predicted molar refractivity (Wildman–Crippen MR) is 94.5 cm³/mol. The Kier molecular flexibility index (Phi) is 7.16. The van der Waals surface area contributed by atoms with Gasteiger partial charge in [0.25, 0.3) is 5.56 Å². The summed E-state index contributed by atoms with van der Waals surface area (Å²) in [6.07, 6.45) is 1.77. The van der Waals surface area contributed by atoms with Crippen LogP contribution in [0.5, 0.6) is 0 Å². The van der Waals surface area contributed by atoms with E-state index in [-0.39, 0.29) is 17.0 Å². The first-order chi connectivity index (χ1) is 12.0. The first-order valence-electron chi connectivity index (χ1n) is 8.72. The molecule has 0 saturated carbocycles. The van der Waals surface area contributed by atoms with E-state index in [0.29, 0.717) is 24.9 Å². The van der Waals surface area contributed by atoms with Gasteiger partial charge in [0.1, 0.15) is 11.6 Å². The monoisotopic (exact) mass is 346 g/mol. The number of aromatic nitrogens is 1. The Morgan fingerprint density at radius 3 is 2.76 bits per heavy atom. The Balaban J connectivity index is 1.76. The fraction of sp³-hybridized carbons (Fsp3) is 0.611. The molecule has 0 radical (unpaired) electrons. The molecule has 0 bridgehead atoms. The Hall–Kier alpha value is -2.17. The molecule has 0 aromatic carbocycles. The number of ether oxygens (including phenoxy) is 1. The van der Waals surface area contributed by atoms with Gasteiger partial charge in [-0.2, -0.15) is 5.26 Å². The van der Waals surface area contributed by atoms with Crippen LogP contribution in [-0.2, 0) is 16.0 Å². The average Bonchev–Trinajstić information content (AvgIpc) is 2.59. The van der Waals surface area contributed by atoms with Gasteiger partial charge in [-0.05, 0) is 44.4 Å². The van der Waals surface area contributed by atoms with Crippen molar-refractivity contribution in [1.82, 2.24) is 15.2 Å². The van der Waals surface area contributed by atoms with Gasteiger partial charge in [0.05, 0.1) is 13.2 Å². The molecule has 136 valence electrons. The Bertz CT molecular complexity index is 699. The van der Waals surface area contributed by atoms with Crippen LogP contribution in [0.2, 0.25) is 0 Å². The number of nitriles is 1. The standard InChI is InChI=1S/C18H26N4O3/c1-13-15(14(2)21-18(24)16(13)12-19)4-5-17(23)20-6-3-7-22-8-10-25-11-9-22/h3-11H2,1-2H3,(H,20,23)(H,21,24). The second kappa shape index (κ2) is 9.35.